The fourth-order valence-corrected chi connectivity index (χ4v) is 2.13. The highest BCUT2D eigenvalue weighted by Crippen LogP contribution is 2.06. The van der Waals surface area contributed by atoms with Gasteiger partial charge in [-0.15, -0.1) is 0 Å². The Morgan fingerprint density at radius 1 is 1.05 bits per heavy atom. The zero-order chi connectivity index (χ0) is 14.5. The van der Waals surface area contributed by atoms with Crippen LogP contribution in [0.25, 0.3) is 0 Å². The van der Waals surface area contributed by atoms with E-state index in [1.165, 1.54) is 0 Å². The van der Waals surface area contributed by atoms with E-state index in [-0.39, 0.29) is 0 Å². The van der Waals surface area contributed by atoms with Crippen molar-refractivity contribution in [1.82, 2.24) is 9.88 Å². The molecular formula is C15H19BN2O2. The van der Waals surface area contributed by atoms with Crippen LogP contribution in [0, 0.1) is 6.92 Å². The van der Waals surface area contributed by atoms with Crippen molar-refractivity contribution < 1.29 is 10.0 Å². The molecule has 2 aromatic rings. The van der Waals surface area contributed by atoms with E-state index in [0.29, 0.717) is 5.46 Å². The molecule has 0 saturated carbocycles. The van der Waals surface area contributed by atoms with Gasteiger partial charge in [0.05, 0.1) is 5.69 Å². The molecule has 1 heterocycles. The molecule has 20 heavy (non-hydrogen) atoms. The SMILES string of the molecule is Cc1cccc(CN(C)Cc2ccc(B(O)O)cc2)n1. The van der Waals surface area contributed by atoms with Crippen molar-refractivity contribution in [3.8, 4) is 0 Å². The first-order chi connectivity index (χ1) is 9.54. The highest BCUT2D eigenvalue weighted by Gasteiger charge is 2.10. The smallest absolute Gasteiger partial charge is 0.423 e. The van der Waals surface area contributed by atoms with E-state index in [1.54, 1.807) is 12.1 Å². The van der Waals surface area contributed by atoms with Crippen LogP contribution in [0.4, 0.5) is 0 Å². The van der Waals surface area contributed by atoms with Crippen LogP contribution in [0.15, 0.2) is 42.5 Å². The van der Waals surface area contributed by atoms with Crippen LogP contribution in [-0.4, -0.2) is 34.1 Å². The van der Waals surface area contributed by atoms with E-state index in [0.717, 1.165) is 30.0 Å². The Labute approximate surface area is 119 Å². The quantitative estimate of drug-likeness (QED) is 0.785. The number of aryl methyl sites for hydroxylation is 1. The van der Waals surface area contributed by atoms with Gasteiger partial charge in [-0.1, -0.05) is 30.3 Å². The van der Waals surface area contributed by atoms with Crippen molar-refractivity contribution in [3.63, 3.8) is 0 Å². The summed E-state index contributed by atoms with van der Waals surface area (Å²) in [5, 5.41) is 18.1. The molecule has 0 amide bonds. The number of rotatable bonds is 5. The molecule has 1 aromatic carbocycles. The summed E-state index contributed by atoms with van der Waals surface area (Å²) in [6, 6.07) is 13.3. The summed E-state index contributed by atoms with van der Waals surface area (Å²) < 4.78 is 0. The summed E-state index contributed by atoms with van der Waals surface area (Å²) >= 11 is 0. The average Bonchev–Trinajstić information content (AvgIpc) is 2.39. The molecular weight excluding hydrogens is 251 g/mol. The zero-order valence-corrected chi connectivity index (χ0v) is 11.8. The van der Waals surface area contributed by atoms with Gasteiger partial charge < -0.3 is 10.0 Å². The number of benzene rings is 1. The number of pyridine rings is 1. The second-order valence-corrected chi connectivity index (χ2v) is 5.06. The van der Waals surface area contributed by atoms with Crippen molar-refractivity contribution in [3.05, 3.63) is 59.4 Å². The van der Waals surface area contributed by atoms with E-state index in [2.05, 4.69) is 9.88 Å². The van der Waals surface area contributed by atoms with Gasteiger partial charge in [-0.2, -0.15) is 0 Å². The summed E-state index contributed by atoms with van der Waals surface area (Å²) in [7, 11) is 0.636. The molecule has 104 valence electrons. The lowest BCUT2D eigenvalue weighted by molar-refractivity contribution is 0.315. The third-order valence-electron chi connectivity index (χ3n) is 3.11. The van der Waals surface area contributed by atoms with E-state index in [1.807, 2.05) is 44.3 Å². The molecule has 4 nitrogen and oxygen atoms in total. The summed E-state index contributed by atoms with van der Waals surface area (Å²) in [6.07, 6.45) is 0. The minimum atomic E-state index is -1.40. The fraction of sp³-hybridized carbons (Fsp3) is 0.267. The molecule has 0 bridgehead atoms. The molecule has 0 atom stereocenters. The van der Waals surface area contributed by atoms with E-state index in [9.17, 15) is 0 Å². The third kappa shape index (κ3) is 4.16. The number of nitrogens with zero attached hydrogens (tertiary/aromatic N) is 2. The Hall–Kier alpha value is -1.69. The highest BCUT2D eigenvalue weighted by molar-refractivity contribution is 6.58. The van der Waals surface area contributed by atoms with Gasteiger partial charge in [0.15, 0.2) is 0 Å². The van der Waals surface area contributed by atoms with Gasteiger partial charge in [0, 0.05) is 18.8 Å². The Balaban J connectivity index is 1.95. The van der Waals surface area contributed by atoms with Crippen molar-refractivity contribution >= 4 is 12.6 Å². The maximum Gasteiger partial charge on any atom is 0.488 e. The first-order valence-corrected chi connectivity index (χ1v) is 6.60. The van der Waals surface area contributed by atoms with Gasteiger partial charge in [-0.3, -0.25) is 9.88 Å². The molecule has 2 rings (SSSR count). The number of aromatic nitrogens is 1. The Bertz CT molecular complexity index is 558. The molecule has 0 aliphatic rings. The lowest BCUT2D eigenvalue weighted by Crippen LogP contribution is -2.29. The normalized spacial score (nSPS) is 10.8. The summed E-state index contributed by atoms with van der Waals surface area (Å²) in [5.74, 6) is 0. The molecule has 0 spiro atoms. The summed E-state index contributed by atoms with van der Waals surface area (Å²) in [4.78, 5) is 6.66. The van der Waals surface area contributed by atoms with Crippen LogP contribution < -0.4 is 5.46 Å². The van der Waals surface area contributed by atoms with Crippen molar-refractivity contribution in [1.29, 1.82) is 0 Å². The lowest BCUT2D eigenvalue weighted by atomic mass is 9.80. The number of hydrogen-bond acceptors (Lipinski definition) is 4. The second-order valence-electron chi connectivity index (χ2n) is 5.06. The number of hydrogen-bond donors (Lipinski definition) is 2. The Morgan fingerprint density at radius 2 is 1.75 bits per heavy atom. The van der Waals surface area contributed by atoms with E-state index in [4.69, 9.17) is 10.0 Å². The summed E-state index contributed by atoms with van der Waals surface area (Å²) in [5.41, 5.74) is 3.72. The highest BCUT2D eigenvalue weighted by atomic mass is 16.4. The van der Waals surface area contributed by atoms with Crippen LogP contribution >= 0.6 is 0 Å². The van der Waals surface area contributed by atoms with Crippen molar-refractivity contribution in [2.75, 3.05) is 7.05 Å². The van der Waals surface area contributed by atoms with E-state index >= 15 is 0 Å². The molecule has 2 N–H and O–H groups in total. The third-order valence-corrected chi connectivity index (χ3v) is 3.11. The molecule has 0 fully saturated rings. The van der Waals surface area contributed by atoms with Gasteiger partial charge >= 0.3 is 7.12 Å². The van der Waals surface area contributed by atoms with Crippen LogP contribution in [0.3, 0.4) is 0 Å². The molecule has 0 aliphatic heterocycles. The van der Waals surface area contributed by atoms with Crippen molar-refractivity contribution in [2.45, 2.75) is 20.0 Å². The van der Waals surface area contributed by atoms with Gasteiger partial charge in [-0.05, 0) is 37.1 Å². The van der Waals surface area contributed by atoms with Gasteiger partial charge in [0.1, 0.15) is 0 Å². The van der Waals surface area contributed by atoms with Crippen LogP contribution in [0.2, 0.25) is 0 Å². The van der Waals surface area contributed by atoms with Crippen LogP contribution in [-0.2, 0) is 13.1 Å². The first kappa shape index (κ1) is 14.7. The van der Waals surface area contributed by atoms with Gasteiger partial charge in [0.2, 0.25) is 0 Å². The summed E-state index contributed by atoms with van der Waals surface area (Å²) in [6.45, 7) is 3.56. The molecule has 0 saturated heterocycles. The average molecular weight is 270 g/mol. The molecule has 0 radical (unpaired) electrons. The van der Waals surface area contributed by atoms with E-state index < -0.39 is 7.12 Å². The zero-order valence-electron chi connectivity index (χ0n) is 11.8. The minimum absolute atomic E-state index is 0.511. The monoisotopic (exact) mass is 270 g/mol. The lowest BCUT2D eigenvalue weighted by Gasteiger charge is -2.16. The fourth-order valence-electron chi connectivity index (χ4n) is 2.13. The standard InChI is InChI=1S/C15H19BN2O2/c1-12-4-3-5-15(17-12)11-18(2)10-13-6-8-14(9-7-13)16(19)20/h3-9,19-20H,10-11H2,1-2H3. The van der Waals surface area contributed by atoms with Crippen molar-refractivity contribution in [2.24, 2.45) is 0 Å². The maximum atomic E-state index is 9.05. The topological polar surface area (TPSA) is 56.6 Å². The first-order valence-electron chi connectivity index (χ1n) is 6.60. The largest absolute Gasteiger partial charge is 0.488 e. The molecule has 0 aliphatic carbocycles. The molecule has 5 heteroatoms. The Kier molecular flexibility index (Phi) is 4.90. The predicted octanol–water partition coefficient (Wildman–Crippen LogP) is 0.702. The molecule has 0 unspecified atom stereocenters. The van der Waals surface area contributed by atoms with Crippen LogP contribution in [0.1, 0.15) is 17.0 Å². The van der Waals surface area contributed by atoms with Crippen LogP contribution in [0.5, 0.6) is 0 Å². The predicted molar refractivity (Wildman–Crippen MR) is 80.4 cm³/mol. The van der Waals surface area contributed by atoms with Gasteiger partial charge in [0.25, 0.3) is 0 Å². The molecule has 1 aromatic heterocycles. The second kappa shape index (κ2) is 6.66. The minimum Gasteiger partial charge on any atom is -0.423 e. The Morgan fingerprint density at radius 3 is 2.35 bits per heavy atom. The maximum absolute atomic E-state index is 9.05. The van der Waals surface area contributed by atoms with Gasteiger partial charge in [-0.25, -0.2) is 0 Å².